The highest BCUT2D eigenvalue weighted by Gasteiger charge is 2.22. The van der Waals surface area contributed by atoms with E-state index in [9.17, 15) is 21.0 Å². The molecule has 0 unspecified atom stereocenters. The maximum Gasteiger partial charge on any atom is 0.101 e. The zero-order valence-corrected chi connectivity index (χ0v) is 30.8. The lowest BCUT2D eigenvalue weighted by molar-refractivity contribution is 1.14. The first-order valence-electron chi connectivity index (χ1n) is 18.7. The molecule has 266 valence electrons. The van der Waals surface area contributed by atoms with Gasteiger partial charge in [0.1, 0.15) is 6.07 Å². The lowest BCUT2D eigenvalue weighted by atomic mass is 9.97. The molecule has 0 radical (unpaired) electrons. The van der Waals surface area contributed by atoms with Gasteiger partial charge in [0.25, 0.3) is 0 Å². The third-order valence-electron chi connectivity index (χ3n) is 11.1. The summed E-state index contributed by atoms with van der Waals surface area (Å²) in [6.45, 7) is 0. The largest absolute Gasteiger partial charge is 0.309 e. The van der Waals surface area contributed by atoms with Crippen molar-refractivity contribution < 1.29 is 0 Å². The molecule has 10 aromatic rings. The Morgan fingerprint density at radius 1 is 0.310 bits per heavy atom. The molecule has 0 atom stereocenters. The van der Waals surface area contributed by atoms with Crippen molar-refractivity contribution in [2.45, 2.75) is 0 Å². The first-order valence-corrected chi connectivity index (χ1v) is 18.7. The van der Waals surface area contributed by atoms with Crippen molar-refractivity contribution in [2.24, 2.45) is 0 Å². The fourth-order valence-electron chi connectivity index (χ4n) is 8.32. The number of aromatic nitrogens is 2. The van der Waals surface area contributed by atoms with E-state index in [0.717, 1.165) is 88.4 Å². The minimum absolute atomic E-state index is 0.495. The molecule has 10 rings (SSSR count). The summed E-state index contributed by atoms with van der Waals surface area (Å²) >= 11 is 0. The van der Waals surface area contributed by atoms with Gasteiger partial charge in [-0.25, -0.2) is 0 Å². The Morgan fingerprint density at radius 2 is 0.793 bits per heavy atom. The van der Waals surface area contributed by atoms with E-state index in [-0.39, 0.29) is 0 Å². The summed E-state index contributed by atoms with van der Waals surface area (Å²) < 4.78 is 4.39. The average molecular weight is 737 g/mol. The quantitative estimate of drug-likeness (QED) is 0.175. The maximum absolute atomic E-state index is 11.0. The Kier molecular flexibility index (Phi) is 7.92. The molecule has 2 aromatic heterocycles. The zero-order valence-electron chi connectivity index (χ0n) is 30.8. The van der Waals surface area contributed by atoms with E-state index in [1.165, 1.54) is 0 Å². The van der Waals surface area contributed by atoms with Crippen LogP contribution in [0.3, 0.4) is 0 Å². The molecule has 0 spiro atoms. The molecule has 0 aliphatic rings. The summed E-state index contributed by atoms with van der Waals surface area (Å²) in [6, 6.07) is 65.5. The Morgan fingerprint density at radius 3 is 1.31 bits per heavy atom. The fourth-order valence-corrected chi connectivity index (χ4v) is 8.32. The first-order chi connectivity index (χ1) is 28.6. The van der Waals surface area contributed by atoms with E-state index in [1.807, 2.05) is 97.1 Å². The molecule has 0 bridgehead atoms. The number of hydrogen-bond donors (Lipinski definition) is 0. The van der Waals surface area contributed by atoms with Crippen molar-refractivity contribution in [1.29, 1.82) is 21.0 Å². The topological polar surface area (TPSA) is 105 Å². The maximum atomic E-state index is 11.0. The van der Waals surface area contributed by atoms with Crippen LogP contribution in [0.1, 0.15) is 22.3 Å². The molecular weight excluding hydrogens is 709 g/mol. The van der Waals surface area contributed by atoms with Crippen molar-refractivity contribution in [2.75, 3.05) is 0 Å². The van der Waals surface area contributed by atoms with E-state index in [1.54, 1.807) is 6.07 Å². The fraction of sp³-hybridized carbons (Fsp3) is 0. The molecule has 0 N–H and O–H groups in total. The number of hydrogen-bond acceptors (Lipinski definition) is 4. The number of fused-ring (bicyclic) bond motifs is 6. The van der Waals surface area contributed by atoms with Crippen molar-refractivity contribution in [3.8, 4) is 69.0 Å². The third-order valence-corrected chi connectivity index (χ3v) is 11.1. The average Bonchev–Trinajstić information content (AvgIpc) is 3.80. The molecule has 2 heterocycles. The van der Waals surface area contributed by atoms with Gasteiger partial charge in [0.2, 0.25) is 0 Å². The Balaban J connectivity index is 1.24. The van der Waals surface area contributed by atoms with E-state index in [4.69, 9.17) is 0 Å². The van der Waals surface area contributed by atoms with Crippen molar-refractivity contribution in [3.63, 3.8) is 0 Å². The molecule has 8 aromatic carbocycles. The van der Waals surface area contributed by atoms with Crippen LogP contribution in [0.15, 0.2) is 170 Å². The Labute approximate surface area is 333 Å². The van der Waals surface area contributed by atoms with Crippen molar-refractivity contribution in [1.82, 2.24) is 9.13 Å². The second-order valence-corrected chi connectivity index (χ2v) is 14.2. The first kappa shape index (κ1) is 33.9. The SMILES string of the molecule is N#Cc1ccc(-c2ccc3c(c2)c2ccccc2n3-c2cc(-c3cccc(C#N)c3)c(-n3c4ccccc4c4cc(-c5ccc(C#N)cc5)ccc43)cc2C#N)cc1. The highest BCUT2D eigenvalue weighted by molar-refractivity contribution is 6.12. The van der Waals surface area contributed by atoms with Crippen LogP contribution >= 0.6 is 0 Å². The van der Waals surface area contributed by atoms with Crippen LogP contribution in [0.4, 0.5) is 0 Å². The van der Waals surface area contributed by atoms with Gasteiger partial charge in [0, 0.05) is 27.1 Å². The molecule has 0 fully saturated rings. The molecular formula is C52H28N6. The Bertz CT molecular complexity index is 3480. The number of para-hydroxylation sites is 2. The van der Waals surface area contributed by atoms with Gasteiger partial charge in [-0.05, 0) is 113 Å². The van der Waals surface area contributed by atoms with E-state index >= 15 is 0 Å². The van der Waals surface area contributed by atoms with Gasteiger partial charge in [-0.3, -0.25) is 0 Å². The van der Waals surface area contributed by atoms with Crippen LogP contribution in [-0.2, 0) is 0 Å². The molecule has 0 aliphatic heterocycles. The van der Waals surface area contributed by atoms with Crippen LogP contribution in [0, 0.1) is 45.3 Å². The lowest BCUT2D eigenvalue weighted by Crippen LogP contribution is -2.04. The summed E-state index contributed by atoms with van der Waals surface area (Å²) in [5.74, 6) is 0. The summed E-state index contributed by atoms with van der Waals surface area (Å²) in [5, 5.41) is 44.0. The van der Waals surface area contributed by atoms with E-state index < -0.39 is 0 Å². The van der Waals surface area contributed by atoms with E-state index in [2.05, 4.69) is 100 Å². The molecule has 0 amide bonds. The van der Waals surface area contributed by atoms with Gasteiger partial charge < -0.3 is 9.13 Å². The van der Waals surface area contributed by atoms with Crippen molar-refractivity contribution in [3.05, 3.63) is 192 Å². The van der Waals surface area contributed by atoms with Gasteiger partial charge in [-0.15, -0.1) is 0 Å². The Hall–Kier alpha value is -8.68. The minimum Gasteiger partial charge on any atom is -0.309 e. The number of nitriles is 4. The zero-order chi connectivity index (χ0) is 39.3. The van der Waals surface area contributed by atoms with Crippen LogP contribution < -0.4 is 0 Å². The lowest BCUT2D eigenvalue weighted by Gasteiger charge is -2.19. The number of benzene rings is 8. The molecule has 0 saturated heterocycles. The van der Waals surface area contributed by atoms with Gasteiger partial charge >= 0.3 is 0 Å². The minimum atomic E-state index is 0.495. The normalized spacial score (nSPS) is 11.0. The third kappa shape index (κ3) is 5.38. The highest BCUT2D eigenvalue weighted by atomic mass is 15.0. The van der Waals surface area contributed by atoms with Gasteiger partial charge in [-0.1, -0.05) is 84.9 Å². The molecule has 58 heavy (non-hydrogen) atoms. The van der Waals surface area contributed by atoms with Crippen LogP contribution in [0.5, 0.6) is 0 Å². The molecule has 0 aliphatic carbocycles. The standard InChI is InChI=1S/C52H28N6/c53-29-33-12-16-36(17-13-33)38-20-22-49-45(25-38)42-8-1-3-10-47(42)57(49)51-28-44(40-7-5-6-35(24-40)31-55)52(27-41(51)32-56)58-48-11-4-2-9-43(48)46-26-39(21-23-50(46)58)37-18-14-34(30-54)15-19-37/h1-28H. The van der Waals surface area contributed by atoms with E-state index in [0.29, 0.717) is 22.3 Å². The van der Waals surface area contributed by atoms with Gasteiger partial charge in [0.15, 0.2) is 0 Å². The summed E-state index contributed by atoms with van der Waals surface area (Å²) in [5.41, 5.74) is 13.5. The summed E-state index contributed by atoms with van der Waals surface area (Å²) in [6.07, 6.45) is 0. The van der Waals surface area contributed by atoms with Gasteiger partial charge in [0.05, 0.1) is 73.9 Å². The summed E-state index contributed by atoms with van der Waals surface area (Å²) in [4.78, 5) is 0. The second kappa shape index (κ2) is 13.6. The number of rotatable bonds is 5. The van der Waals surface area contributed by atoms with Crippen LogP contribution in [0.25, 0.3) is 88.4 Å². The molecule has 0 saturated carbocycles. The summed E-state index contributed by atoms with van der Waals surface area (Å²) in [7, 11) is 0. The van der Waals surface area contributed by atoms with Crippen LogP contribution in [-0.4, -0.2) is 9.13 Å². The molecule has 6 heteroatoms. The second-order valence-electron chi connectivity index (χ2n) is 14.2. The van der Waals surface area contributed by atoms with Crippen LogP contribution in [0.2, 0.25) is 0 Å². The molecule has 6 nitrogen and oxygen atoms in total. The predicted octanol–water partition coefficient (Wildman–Crippen LogP) is 12.4. The predicted molar refractivity (Wildman–Crippen MR) is 230 cm³/mol. The monoisotopic (exact) mass is 736 g/mol. The number of nitrogens with zero attached hydrogens (tertiary/aromatic N) is 6. The smallest absolute Gasteiger partial charge is 0.101 e. The highest BCUT2D eigenvalue weighted by Crippen LogP contribution is 2.42. The van der Waals surface area contributed by atoms with Crippen molar-refractivity contribution >= 4 is 43.6 Å². The van der Waals surface area contributed by atoms with Gasteiger partial charge in [-0.2, -0.15) is 21.0 Å².